The fourth-order valence-corrected chi connectivity index (χ4v) is 12.8. The fourth-order valence-electron chi connectivity index (χ4n) is 12.8. The van der Waals surface area contributed by atoms with Gasteiger partial charge < -0.3 is 18.9 Å². The Morgan fingerprint density at radius 2 is 0.529 bits per heavy atom. The van der Waals surface area contributed by atoms with Crippen LogP contribution in [0.2, 0.25) is 0 Å². The van der Waals surface area contributed by atoms with E-state index in [1.54, 1.807) is 0 Å². The summed E-state index contributed by atoms with van der Waals surface area (Å²) >= 11 is 0. The minimum Gasteiger partial charge on any atom is -0.489 e. The zero-order valence-electron chi connectivity index (χ0n) is 38.2. The van der Waals surface area contributed by atoms with Crippen LogP contribution in [-0.4, -0.2) is 26.4 Å². The van der Waals surface area contributed by atoms with Crippen LogP contribution in [0, 0.1) is 0 Å². The Balaban J connectivity index is 1.07. The zero-order valence-corrected chi connectivity index (χ0v) is 38.2. The highest BCUT2D eigenvalue weighted by molar-refractivity contribution is 5.99. The van der Waals surface area contributed by atoms with Crippen LogP contribution in [0.5, 0.6) is 23.0 Å². The van der Waals surface area contributed by atoms with Crippen molar-refractivity contribution in [1.82, 2.24) is 0 Å². The Morgan fingerprint density at radius 3 is 0.786 bits per heavy atom. The van der Waals surface area contributed by atoms with Crippen molar-refractivity contribution in [2.45, 2.75) is 10.8 Å². The quantitative estimate of drug-likeness (QED) is 0.176. The van der Waals surface area contributed by atoms with Gasteiger partial charge in [-0.1, -0.05) is 146 Å². The molecule has 4 nitrogen and oxygen atoms in total. The average molecular weight is 901 g/mol. The second-order valence-corrected chi connectivity index (χ2v) is 19.1. The smallest absolute Gasteiger partial charge is 0.127 e. The van der Waals surface area contributed by atoms with Crippen LogP contribution in [0.4, 0.5) is 0 Å². The molecule has 70 heavy (non-hydrogen) atoms. The highest BCUT2D eigenvalue weighted by atomic mass is 16.5. The first kappa shape index (κ1) is 39.4. The van der Waals surface area contributed by atoms with Crippen molar-refractivity contribution in [2.24, 2.45) is 0 Å². The molecule has 4 aliphatic heterocycles. The van der Waals surface area contributed by atoms with Crippen LogP contribution in [0.3, 0.4) is 0 Å². The van der Waals surface area contributed by atoms with Crippen molar-refractivity contribution in [3.05, 3.63) is 261 Å². The lowest BCUT2D eigenvalue weighted by atomic mass is 9.50. The molecule has 4 heterocycles. The van der Waals surface area contributed by atoms with Gasteiger partial charge in [0.2, 0.25) is 0 Å². The SMILES string of the molecule is C1=Cc2c(ccc3cc(C4(c5ccc6c7c(ccc6c5)OCC=C7)c5ccccc5C(c5ccc6c7c(ccc6c5)OCC=C7)(c5ccc6c7c(ccc6c5)OCC=C7)c5ccccc54)ccc23)OC1. The van der Waals surface area contributed by atoms with Crippen LogP contribution in [0.15, 0.2) is 194 Å². The molecule has 0 radical (unpaired) electrons. The van der Waals surface area contributed by atoms with E-state index in [9.17, 15) is 0 Å². The summed E-state index contributed by atoms with van der Waals surface area (Å²) in [5, 5.41) is 9.37. The molecular weight excluding hydrogens is 857 g/mol. The first-order valence-corrected chi connectivity index (χ1v) is 24.3. The molecule has 0 atom stereocenters. The molecule has 0 N–H and O–H groups in total. The number of rotatable bonds is 4. The number of fused-ring (bicyclic) bond motifs is 14. The standard InChI is InChI=1S/C66H44O4/c1-2-14-58-57(13-1)65(45-21-25-49-41(37-45)17-29-61-53(49)9-5-33-67-61,46-22-26-50-42(38-46)18-30-62-54(50)10-6-34-68-62)59-15-3-4-16-60(59)66(58,47-23-27-51-43(39-47)19-31-63-55(51)11-7-35-69-63)48-24-28-52-44(40-48)20-32-64-56(52)12-8-36-70-64/h1-32,37-40H,33-36H2. The van der Waals surface area contributed by atoms with E-state index in [1.165, 1.54) is 87.6 Å². The third-order valence-electron chi connectivity index (χ3n) is 15.8. The van der Waals surface area contributed by atoms with Crippen molar-refractivity contribution < 1.29 is 18.9 Å². The Bertz CT molecular complexity index is 3510. The summed E-state index contributed by atoms with van der Waals surface area (Å²) in [4.78, 5) is 0. The van der Waals surface area contributed by atoms with E-state index in [4.69, 9.17) is 18.9 Å². The molecule has 1 aliphatic carbocycles. The summed E-state index contributed by atoms with van der Waals surface area (Å²) < 4.78 is 24.5. The third-order valence-corrected chi connectivity index (χ3v) is 15.8. The fraction of sp³-hybridized carbons (Fsp3) is 0.0909. The van der Waals surface area contributed by atoms with E-state index in [0.29, 0.717) is 26.4 Å². The molecule has 4 heteroatoms. The normalized spacial score (nSPS) is 16.2. The average Bonchev–Trinajstić information content (AvgIpc) is 3.43. The van der Waals surface area contributed by atoms with Gasteiger partial charge in [0.1, 0.15) is 49.4 Å². The Kier molecular flexibility index (Phi) is 8.41. The minimum atomic E-state index is -0.764. The van der Waals surface area contributed by atoms with Gasteiger partial charge in [0.25, 0.3) is 0 Å². The highest BCUT2D eigenvalue weighted by Gasteiger charge is 2.54. The number of hydrogen-bond donors (Lipinski definition) is 0. The molecule has 0 saturated carbocycles. The molecule has 0 amide bonds. The molecule has 0 bridgehead atoms. The maximum Gasteiger partial charge on any atom is 0.127 e. The van der Waals surface area contributed by atoms with Crippen LogP contribution in [-0.2, 0) is 10.8 Å². The van der Waals surface area contributed by atoms with Crippen molar-refractivity contribution in [2.75, 3.05) is 26.4 Å². The first-order valence-electron chi connectivity index (χ1n) is 24.3. The van der Waals surface area contributed by atoms with Crippen LogP contribution in [0.25, 0.3) is 67.4 Å². The summed E-state index contributed by atoms with van der Waals surface area (Å²) in [6.45, 7) is 2.32. The zero-order chi connectivity index (χ0) is 46.0. The lowest BCUT2D eigenvalue weighted by molar-refractivity contribution is 0.359. The molecular formula is C66H44O4. The topological polar surface area (TPSA) is 36.9 Å². The van der Waals surface area contributed by atoms with E-state index >= 15 is 0 Å². The van der Waals surface area contributed by atoms with Crippen molar-refractivity contribution in [3.63, 3.8) is 0 Å². The Morgan fingerprint density at radius 1 is 0.271 bits per heavy atom. The molecule has 5 aliphatic rings. The third kappa shape index (κ3) is 5.42. The van der Waals surface area contributed by atoms with Crippen molar-refractivity contribution in [3.8, 4) is 23.0 Å². The number of hydrogen-bond acceptors (Lipinski definition) is 4. The predicted molar refractivity (Wildman–Crippen MR) is 285 cm³/mol. The van der Waals surface area contributed by atoms with Gasteiger partial charge in [-0.2, -0.15) is 0 Å². The molecule has 0 aromatic heterocycles. The van der Waals surface area contributed by atoms with Crippen LogP contribution >= 0.6 is 0 Å². The summed E-state index contributed by atoms with van der Waals surface area (Å²) in [7, 11) is 0. The van der Waals surface area contributed by atoms with E-state index in [1.807, 2.05) is 0 Å². The Hall–Kier alpha value is -8.60. The summed E-state index contributed by atoms with van der Waals surface area (Å²) in [6.07, 6.45) is 17.3. The van der Waals surface area contributed by atoms with Crippen LogP contribution in [0.1, 0.15) is 66.8 Å². The minimum absolute atomic E-state index is 0.581. The van der Waals surface area contributed by atoms with Gasteiger partial charge >= 0.3 is 0 Å². The van der Waals surface area contributed by atoms with Crippen LogP contribution < -0.4 is 18.9 Å². The molecule has 0 fully saturated rings. The molecule has 0 unspecified atom stereocenters. The summed E-state index contributed by atoms with van der Waals surface area (Å²) in [5.74, 6) is 3.69. The van der Waals surface area contributed by atoms with Crippen molar-refractivity contribution >= 4 is 67.4 Å². The van der Waals surface area contributed by atoms with Crippen molar-refractivity contribution in [1.29, 1.82) is 0 Å². The van der Waals surface area contributed by atoms with Gasteiger partial charge in [0, 0.05) is 22.3 Å². The van der Waals surface area contributed by atoms with E-state index in [0.717, 1.165) is 45.3 Å². The Labute approximate surface area is 405 Å². The first-order chi connectivity index (χ1) is 34.7. The largest absolute Gasteiger partial charge is 0.489 e. The lowest BCUT2D eigenvalue weighted by Gasteiger charge is -2.51. The lowest BCUT2D eigenvalue weighted by Crippen LogP contribution is -2.45. The molecule has 0 spiro atoms. The number of ether oxygens (including phenoxy) is 4. The van der Waals surface area contributed by atoms with E-state index in [2.05, 4.69) is 218 Å². The number of benzene rings is 10. The van der Waals surface area contributed by atoms with Gasteiger partial charge in [-0.15, -0.1) is 0 Å². The van der Waals surface area contributed by atoms with Gasteiger partial charge in [-0.25, -0.2) is 0 Å². The summed E-state index contributed by atoms with van der Waals surface area (Å²) in [5.41, 5.74) is 12.7. The molecule has 15 rings (SSSR count). The second-order valence-electron chi connectivity index (χ2n) is 19.1. The predicted octanol–water partition coefficient (Wildman–Crippen LogP) is 15.0. The van der Waals surface area contributed by atoms with Gasteiger partial charge in [0.05, 0.1) is 10.8 Å². The van der Waals surface area contributed by atoms with Gasteiger partial charge in [0.15, 0.2) is 0 Å². The van der Waals surface area contributed by atoms with Gasteiger partial charge in [-0.05, 0) is 160 Å². The molecule has 10 aromatic rings. The molecule has 332 valence electrons. The summed E-state index contributed by atoms with van der Waals surface area (Å²) in [6, 6.07) is 64.6. The molecule has 10 aromatic carbocycles. The second kappa shape index (κ2) is 14.9. The maximum absolute atomic E-state index is 6.14. The maximum atomic E-state index is 6.14. The van der Waals surface area contributed by atoms with E-state index < -0.39 is 10.8 Å². The van der Waals surface area contributed by atoms with E-state index in [-0.39, 0.29) is 0 Å². The van der Waals surface area contributed by atoms with Gasteiger partial charge in [-0.3, -0.25) is 0 Å². The monoisotopic (exact) mass is 900 g/mol. The molecule has 0 saturated heterocycles. The highest BCUT2D eigenvalue weighted by Crippen LogP contribution is 2.61.